The zero-order chi connectivity index (χ0) is 31.9. The minimum atomic E-state index is -1.11. The molecule has 7 heterocycles. The molecule has 0 amide bonds. The number of methoxy groups -OCH3 is 1. The summed E-state index contributed by atoms with van der Waals surface area (Å²) in [6, 6.07) is 8.03. The maximum Gasteiger partial charge on any atom is 0.330 e. The first-order valence-electron chi connectivity index (χ1n) is 15.5. The molecule has 0 saturated carbocycles. The van der Waals surface area contributed by atoms with Gasteiger partial charge in [0.15, 0.2) is 0 Å². The Morgan fingerprint density at radius 1 is 1.26 bits per heavy atom. The highest BCUT2D eigenvalue weighted by atomic mass is 19.1. The van der Waals surface area contributed by atoms with Gasteiger partial charge < -0.3 is 19.3 Å². The van der Waals surface area contributed by atoms with E-state index in [1.54, 1.807) is 18.0 Å². The second kappa shape index (κ2) is 12.5. The van der Waals surface area contributed by atoms with Gasteiger partial charge in [-0.15, -0.1) is 11.7 Å². The Morgan fingerprint density at radius 3 is 2.91 bits per heavy atom. The molecule has 0 spiro atoms. The van der Waals surface area contributed by atoms with E-state index in [2.05, 4.69) is 32.9 Å². The zero-order valence-electron chi connectivity index (χ0n) is 25.4. The SMILES string of the molecule is C=CC1C[N@@]2CCC1C[C@@H]2[C@@H](OCc1cn(CC2OC(n3cc(F)c(=O)[nH]c3=O)CC2O)nn1)c1ccnc2ccc(OC)cc12. The van der Waals surface area contributed by atoms with Crippen LogP contribution in [-0.2, 0) is 22.6 Å². The predicted octanol–water partition coefficient (Wildman–Crippen LogP) is 2.33. The number of H-pyrrole nitrogens is 1. The third kappa shape index (κ3) is 5.77. The van der Waals surface area contributed by atoms with Crippen molar-refractivity contribution in [2.75, 3.05) is 20.2 Å². The molecule has 242 valence electrons. The average molecular weight is 634 g/mol. The predicted molar refractivity (Wildman–Crippen MR) is 163 cm³/mol. The summed E-state index contributed by atoms with van der Waals surface area (Å²) in [7, 11) is 1.65. The lowest BCUT2D eigenvalue weighted by Gasteiger charge is -2.51. The van der Waals surface area contributed by atoms with Crippen LogP contribution in [0.15, 0.2) is 65.1 Å². The lowest BCUT2D eigenvalue weighted by Crippen LogP contribution is -2.55. The van der Waals surface area contributed by atoms with Crippen LogP contribution in [0.4, 0.5) is 4.39 Å². The van der Waals surface area contributed by atoms with Gasteiger partial charge >= 0.3 is 5.69 Å². The molecule has 13 nitrogen and oxygen atoms in total. The summed E-state index contributed by atoms with van der Waals surface area (Å²) >= 11 is 0. The van der Waals surface area contributed by atoms with Gasteiger partial charge in [-0.2, -0.15) is 4.39 Å². The molecule has 4 aromatic rings. The topological polar surface area (TPSA) is 150 Å². The first-order valence-corrected chi connectivity index (χ1v) is 15.5. The Hall–Kier alpha value is -4.24. The number of aromatic nitrogens is 6. The van der Waals surface area contributed by atoms with E-state index in [4.69, 9.17) is 14.2 Å². The number of hydrogen-bond donors (Lipinski definition) is 2. The van der Waals surface area contributed by atoms with Gasteiger partial charge in [-0.05, 0) is 61.1 Å². The van der Waals surface area contributed by atoms with Crippen molar-refractivity contribution in [2.24, 2.45) is 11.8 Å². The van der Waals surface area contributed by atoms with Gasteiger partial charge in [-0.25, -0.2) is 9.48 Å². The number of aliphatic hydroxyl groups excluding tert-OH is 1. The van der Waals surface area contributed by atoms with E-state index in [9.17, 15) is 19.1 Å². The third-order valence-electron chi connectivity index (χ3n) is 9.59. The summed E-state index contributed by atoms with van der Waals surface area (Å²) in [6.07, 6.45) is 5.69. The van der Waals surface area contributed by atoms with Crippen molar-refractivity contribution in [2.45, 2.75) is 63.0 Å². The second-order valence-electron chi connectivity index (χ2n) is 12.3. The Balaban J connectivity index is 1.09. The van der Waals surface area contributed by atoms with E-state index < -0.39 is 35.5 Å². The molecule has 14 heteroatoms. The summed E-state index contributed by atoms with van der Waals surface area (Å²) < 4.78 is 34.5. The molecule has 4 aliphatic rings. The van der Waals surface area contributed by atoms with Crippen LogP contribution >= 0.6 is 0 Å². The first kappa shape index (κ1) is 30.4. The van der Waals surface area contributed by atoms with E-state index in [0.29, 0.717) is 17.5 Å². The molecule has 0 radical (unpaired) electrons. The number of hydrogen-bond acceptors (Lipinski definition) is 10. The third-order valence-corrected chi connectivity index (χ3v) is 9.59. The van der Waals surface area contributed by atoms with E-state index >= 15 is 0 Å². The lowest BCUT2D eigenvalue weighted by molar-refractivity contribution is -0.0809. The quantitative estimate of drug-likeness (QED) is 0.249. The van der Waals surface area contributed by atoms with Gasteiger partial charge in [0.05, 0.1) is 50.4 Å². The summed E-state index contributed by atoms with van der Waals surface area (Å²) in [5.41, 5.74) is 0.567. The fourth-order valence-electron chi connectivity index (χ4n) is 7.20. The molecule has 4 aliphatic heterocycles. The molecule has 5 unspecified atom stereocenters. The molecule has 3 aromatic heterocycles. The van der Waals surface area contributed by atoms with Crippen molar-refractivity contribution in [1.29, 1.82) is 0 Å². The average Bonchev–Trinajstić information content (AvgIpc) is 3.68. The highest BCUT2D eigenvalue weighted by molar-refractivity contribution is 5.84. The summed E-state index contributed by atoms with van der Waals surface area (Å²) in [4.78, 5) is 32.6. The molecular formula is C32H36FN7O6. The van der Waals surface area contributed by atoms with Crippen molar-refractivity contribution in [3.05, 3.63) is 93.4 Å². The molecule has 1 aromatic carbocycles. The summed E-state index contributed by atoms with van der Waals surface area (Å²) in [5.74, 6) is 0.647. The van der Waals surface area contributed by atoms with Crippen LogP contribution < -0.4 is 16.0 Å². The van der Waals surface area contributed by atoms with Crippen molar-refractivity contribution in [3.8, 4) is 5.75 Å². The van der Waals surface area contributed by atoms with Crippen LogP contribution in [0.2, 0.25) is 0 Å². The molecule has 8 rings (SSSR count). The molecule has 4 saturated heterocycles. The minimum Gasteiger partial charge on any atom is -0.497 e. The molecule has 2 bridgehead atoms. The van der Waals surface area contributed by atoms with Crippen molar-refractivity contribution >= 4 is 10.9 Å². The highest BCUT2D eigenvalue weighted by Crippen LogP contribution is 2.44. The number of nitrogens with zero attached hydrogens (tertiary/aromatic N) is 6. The maximum absolute atomic E-state index is 13.8. The number of benzene rings is 1. The van der Waals surface area contributed by atoms with E-state index in [-0.39, 0.29) is 31.7 Å². The van der Waals surface area contributed by atoms with Crippen molar-refractivity contribution in [1.82, 2.24) is 34.4 Å². The smallest absolute Gasteiger partial charge is 0.330 e. The molecule has 46 heavy (non-hydrogen) atoms. The second-order valence-corrected chi connectivity index (χ2v) is 12.3. The summed E-state index contributed by atoms with van der Waals surface area (Å²) in [5, 5.41) is 20.2. The van der Waals surface area contributed by atoms with Crippen LogP contribution in [0, 0.1) is 17.7 Å². The van der Waals surface area contributed by atoms with Crippen LogP contribution in [-0.4, -0.2) is 78.0 Å². The molecular weight excluding hydrogens is 597 g/mol. The Labute approximate surface area is 263 Å². The number of pyridine rings is 1. The first-order chi connectivity index (χ1) is 22.3. The van der Waals surface area contributed by atoms with Crippen LogP contribution in [0.3, 0.4) is 0 Å². The summed E-state index contributed by atoms with van der Waals surface area (Å²) in [6.45, 7) is 6.37. The Morgan fingerprint density at radius 2 is 2.13 bits per heavy atom. The van der Waals surface area contributed by atoms with Gasteiger partial charge in [-0.1, -0.05) is 11.3 Å². The number of fused-ring (bicyclic) bond motifs is 4. The monoisotopic (exact) mass is 633 g/mol. The van der Waals surface area contributed by atoms with E-state index in [0.717, 1.165) is 58.9 Å². The minimum absolute atomic E-state index is 0.0403. The largest absolute Gasteiger partial charge is 0.497 e. The van der Waals surface area contributed by atoms with Gasteiger partial charge in [0.1, 0.15) is 23.8 Å². The highest BCUT2D eigenvalue weighted by Gasteiger charge is 2.43. The Kier molecular flexibility index (Phi) is 8.27. The fraction of sp³-hybridized carbons (Fsp3) is 0.469. The fourth-order valence-corrected chi connectivity index (χ4v) is 7.20. The van der Waals surface area contributed by atoms with Crippen molar-refractivity contribution < 1.29 is 23.7 Å². The molecule has 0 aliphatic carbocycles. The zero-order valence-corrected chi connectivity index (χ0v) is 25.4. The standard InChI is InChI=1S/C32H36FN7O6/c1-3-18-13-38-9-7-19(18)10-26(38)30(22-6-8-34-25-5-4-21(44-2)11-23(22)25)45-17-20-14-39(37-36-20)16-28-27(41)12-29(46-28)40-15-24(33)31(42)35-32(40)43/h3-6,8,11,14-15,18-19,26-30,41H,1,7,9-10,12-13,16-17H2,2H3,(H,35,42,43)/t18?,19?,26-,27?,28?,29?,30+/m1/s1. The van der Waals surface area contributed by atoms with Gasteiger partial charge in [0.2, 0.25) is 5.82 Å². The van der Waals surface area contributed by atoms with Crippen LogP contribution in [0.25, 0.3) is 10.9 Å². The Bertz CT molecular complexity index is 1860. The number of aliphatic hydroxyl groups is 1. The van der Waals surface area contributed by atoms with Gasteiger partial charge in [0, 0.05) is 30.6 Å². The van der Waals surface area contributed by atoms with E-state index in [1.165, 1.54) is 0 Å². The molecule has 4 fully saturated rings. The number of halogens is 1. The van der Waals surface area contributed by atoms with E-state index in [1.807, 2.05) is 35.4 Å². The number of aromatic amines is 1. The van der Waals surface area contributed by atoms with Crippen LogP contribution in [0.1, 0.15) is 42.9 Å². The number of piperidine rings is 3. The lowest BCUT2D eigenvalue weighted by atomic mass is 9.73. The molecule has 8 atom stereocenters. The van der Waals surface area contributed by atoms with Crippen molar-refractivity contribution in [3.63, 3.8) is 0 Å². The van der Waals surface area contributed by atoms with Gasteiger partial charge in [-0.3, -0.25) is 24.2 Å². The number of nitrogens with one attached hydrogen (secondary N) is 1. The molecule has 2 N–H and O–H groups in total. The number of ether oxygens (including phenoxy) is 3. The normalized spacial score (nSPS) is 28.0. The van der Waals surface area contributed by atoms with Gasteiger partial charge in [0.25, 0.3) is 5.56 Å². The number of rotatable bonds is 10. The van der Waals surface area contributed by atoms with Crippen LogP contribution in [0.5, 0.6) is 5.75 Å². The maximum atomic E-state index is 13.8.